The number of aromatic nitrogens is 2. The molecule has 0 saturated heterocycles. The third-order valence-corrected chi connectivity index (χ3v) is 3.73. The van der Waals surface area contributed by atoms with E-state index in [-0.39, 0.29) is 0 Å². The van der Waals surface area contributed by atoms with Crippen molar-refractivity contribution >= 4 is 0 Å². The molecule has 5 nitrogen and oxygen atoms in total. The molecule has 20 heavy (non-hydrogen) atoms. The van der Waals surface area contributed by atoms with Crippen LogP contribution in [0.25, 0.3) is 0 Å². The zero-order chi connectivity index (χ0) is 14.1. The van der Waals surface area contributed by atoms with Gasteiger partial charge in [0.25, 0.3) is 0 Å². The fraction of sp³-hybridized carbons (Fsp3) is 0.400. The maximum Gasteiger partial charge on any atom is 0.231 e. The third kappa shape index (κ3) is 2.36. The van der Waals surface area contributed by atoms with Crippen LogP contribution in [0.1, 0.15) is 22.5 Å². The van der Waals surface area contributed by atoms with E-state index in [0.717, 1.165) is 30.3 Å². The summed E-state index contributed by atoms with van der Waals surface area (Å²) >= 11 is 0. The van der Waals surface area contributed by atoms with Gasteiger partial charge in [-0.15, -0.1) is 0 Å². The van der Waals surface area contributed by atoms with Crippen molar-refractivity contribution in [3.05, 3.63) is 40.7 Å². The van der Waals surface area contributed by atoms with Crippen LogP contribution in [0.2, 0.25) is 0 Å². The van der Waals surface area contributed by atoms with E-state index in [0.29, 0.717) is 6.79 Å². The summed E-state index contributed by atoms with van der Waals surface area (Å²) in [6.45, 7) is 6.08. The van der Waals surface area contributed by atoms with Gasteiger partial charge < -0.3 is 14.8 Å². The van der Waals surface area contributed by atoms with Gasteiger partial charge in [0.2, 0.25) is 6.79 Å². The van der Waals surface area contributed by atoms with Gasteiger partial charge in [-0.25, -0.2) is 0 Å². The molecule has 0 fully saturated rings. The van der Waals surface area contributed by atoms with E-state index < -0.39 is 0 Å². The molecule has 0 bridgehead atoms. The van der Waals surface area contributed by atoms with Crippen molar-refractivity contribution in [1.82, 2.24) is 15.1 Å². The molecule has 1 aliphatic rings. The summed E-state index contributed by atoms with van der Waals surface area (Å²) in [5.74, 6) is 1.66. The maximum absolute atomic E-state index is 5.38. The molecule has 0 saturated carbocycles. The second-order valence-electron chi connectivity index (χ2n) is 5.06. The molecule has 2 heterocycles. The molecule has 3 rings (SSSR count). The standard InChI is InChI=1S/C15H19N3O2/c1-10-13(11(2)18(3)17-10)8-16-7-12-4-5-14-15(6-12)20-9-19-14/h4-6,16H,7-9H2,1-3H3. The molecule has 2 aromatic rings. The molecule has 0 unspecified atom stereocenters. The summed E-state index contributed by atoms with van der Waals surface area (Å²) in [7, 11) is 1.98. The Morgan fingerprint density at radius 2 is 2.00 bits per heavy atom. The van der Waals surface area contributed by atoms with Gasteiger partial charge in [-0.05, 0) is 31.5 Å². The summed E-state index contributed by atoms with van der Waals surface area (Å²) in [5.41, 5.74) is 4.76. The van der Waals surface area contributed by atoms with Crippen LogP contribution in [0, 0.1) is 13.8 Å². The molecule has 0 spiro atoms. The molecule has 1 aromatic carbocycles. The number of fused-ring (bicyclic) bond motifs is 1. The lowest BCUT2D eigenvalue weighted by molar-refractivity contribution is 0.174. The van der Waals surface area contributed by atoms with Crippen LogP contribution in [-0.4, -0.2) is 16.6 Å². The van der Waals surface area contributed by atoms with Crippen LogP contribution in [0.5, 0.6) is 11.5 Å². The molecule has 0 atom stereocenters. The van der Waals surface area contributed by atoms with Gasteiger partial charge in [0.15, 0.2) is 11.5 Å². The smallest absolute Gasteiger partial charge is 0.231 e. The van der Waals surface area contributed by atoms with Gasteiger partial charge in [0.05, 0.1) is 5.69 Å². The minimum absolute atomic E-state index is 0.320. The van der Waals surface area contributed by atoms with E-state index >= 15 is 0 Å². The van der Waals surface area contributed by atoms with Gasteiger partial charge in [-0.3, -0.25) is 4.68 Å². The molecule has 1 N–H and O–H groups in total. The Morgan fingerprint density at radius 1 is 1.20 bits per heavy atom. The van der Waals surface area contributed by atoms with Crippen molar-refractivity contribution < 1.29 is 9.47 Å². The summed E-state index contributed by atoms with van der Waals surface area (Å²) < 4.78 is 12.6. The second kappa shape index (κ2) is 5.17. The number of ether oxygens (including phenoxy) is 2. The fourth-order valence-corrected chi connectivity index (χ4v) is 2.46. The van der Waals surface area contributed by atoms with Crippen LogP contribution < -0.4 is 14.8 Å². The zero-order valence-corrected chi connectivity index (χ0v) is 12.1. The number of aryl methyl sites for hydroxylation is 2. The quantitative estimate of drug-likeness (QED) is 0.926. The van der Waals surface area contributed by atoms with Crippen LogP contribution in [0.3, 0.4) is 0 Å². The molecule has 5 heteroatoms. The predicted octanol–water partition coefficient (Wildman–Crippen LogP) is 2.06. The topological polar surface area (TPSA) is 48.3 Å². The van der Waals surface area contributed by atoms with E-state index in [2.05, 4.69) is 23.4 Å². The monoisotopic (exact) mass is 273 g/mol. The lowest BCUT2D eigenvalue weighted by Gasteiger charge is -2.06. The van der Waals surface area contributed by atoms with Crippen molar-refractivity contribution in [3.63, 3.8) is 0 Å². The summed E-state index contributed by atoms with van der Waals surface area (Å²) in [5, 5.41) is 7.88. The second-order valence-corrected chi connectivity index (χ2v) is 5.06. The average Bonchev–Trinajstić information content (AvgIpc) is 2.98. The predicted molar refractivity (Wildman–Crippen MR) is 75.8 cm³/mol. The Morgan fingerprint density at radius 3 is 2.75 bits per heavy atom. The molecule has 106 valence electrons. The minimum Gasteiger partial charge on any atom is -0.454 e. The Kier molecular flexibility index (Phi) is 3.36. The van der Waals surface area contributed by atoms with Gasteiger partial charge in [-0.2, -0.15) is 5.10 Å². The van der Waals surface area contributed by atoms with Crippen LogP contribution in [0.4, 0.5) is 0 Å². The minimum atomic E-state index is 0.320. The van der Waals surface area contributed by atoms with Crippen molar-refractivity contribution in [2.24, 2.45) is 7.05 Å². The van der Waals surface area contributed by atoms with Crippen LogP contribution in [0.15, 0.2) is 18.2 Å². The Labute approximate surface area is 118 Å². The first-order valence-electron chi connectivity index (χ1n) is 6.73. The number of hydrogen-bond donors (Lipinski definition) is 1. The lowest BCUT2D eigenvalue weighted by Crippen LogP contribution is -2.13. The largest absolute Gasteiger partial charge is 0.454 e. The van der Waals surface area contributed by atoms with E-state index in [1.807, 2.05) is 30.8 Å². The molecule has 1 aromatic heterocycles. The zero-order valence-electron chi connectivity index (χ0n) is 12.1. The number of hydrogen-bond acceptors (Lipinski definition) is 4. The Bertz CT molecular complexity index is 634. The Balaban J connectivity index is 1.63. The highest BCUT2D eigenvalue weighted by Crippen LogP contribution is 2.32. The van der Waals surface area contributed by atoms with Crippen molar-refractivity contribution in [2.75, 3.05) is 6.79 Å². The lowest BCUT2D eigenvalue weighted by atomic mass is 10.1. The van der Waals surface area contributed by atoms with Gasteiger partial charge in [0.1, 0.15) is 0 Å². The molecule has 0 radical (unpaired) electrons. The van der Waals surface area contributed by atoms with Gasteiger partial charge >= 0.3 is 0 Å². The number of rotatable bonds is 4. The maximum atomic E-state index is 5.38. The first-order valence-corrected chi connectivity index (χ1v) is 6.73. The SMILES string of the molecule is Cc1nn(C)c(C)c1CNCc1ccc2c(c1)OCO2. The van der Waals surface area contributed by atoms with Gasteiger partial charge in [-0.1, -0.05) is 6.07 Å². The third-order valence-electron chi connectivity index (χ3n) is 3.73. The van der Waals surface area contributed by atoms with E-state index in [1.165, 1.54) is 16.8 Å². The Hall–Kier alpha value is -2.01. The van der Waals surface area contributed by atoms with Crippen LogP contribution in [-0.2, 0) is 20.1 Å². The molecule has 0 aliphatic carbocycles. The molecular weight excluding hydrogens is 254 g/mol. The summed E-state index contributed by atoms with van der Waals surface area (Å²) in [6.07, 6.45) is 0. The fourth-order valence-electron chi connectivity index (χ4n) is 2.46. The van der Waals surface area contributed by atoms with Crippen LogP contribution >= 0.6 is 0 Å². The van der Waals surface area contributed by atoms with Crippen molar-refractivity contribution in [1.29, 1.82) is 0 Å². The molecule has 0 amide bonds. The molecular formula is C15H19N3O2. The normalized spacial score (nSPS) is 12.9. The average molecular weight is 273 g/mol. The number of benzene rings is 1. The molecule has 1 aliphatic heterocycles. The number of nitrogens with one attached hydrogen (secondary N) is 1. The highest BCUT2D eigenvalue weighted by Gasteiger charge is 2.13. The van der Waals surface area contributed by atoms with E-state index in [4.69, 9.17) is 9.47 Å². The van der Waals surface area contributed by atoms with Crippen molar-refractivity contribution in [2.45, 2.75) is 26.9 Å². The first kappa shape index (κ1) is 13.0. The summed E-state index contributed by atoms with van der Waals surface area (Å²) in [4.78, 5) is 0. The van der Waals surface area contributed by atoms with Crippen molar-refractivity contribution in [3.8, 4) is 11.5 Å². The summed E-state index contributed by atoms with van der Waals surface area (Å²) in [6, 6.07) is 6.04. The van der Waals surface area contributed by atoms with E-state index in [9.17, 15) is 0 Å². The highest BCUT2D eigenvalue weighted by molar-refractivity contribution is 5.44. The number of nitrogens with zero attached hydrogens (tertiary/aromatic N) is 2. The highest BCUT2D eigenvalue weighted by atomic mass is 16.7. The van der Waals surface area contributed by atoms with E-state index in [1.54, 1.807) is 0 Å². The van der Waals surface area contributed by atoms with Gasteiger partial charge in [0, 0.05) is 31.4 Å². The first-order chi connectivity index (χ1) is 9.65.